The van der Waals surface area contributed by atoms with Gasteiger partial charge in [-0.15, -0.1) is 0 Å². The molecule has 200 valence electrons. The van der Waals surface area contributed by atoms with Crippen molar-refractivity contribution < 1.29 is 22.8 Å². The maximum Gasteiger partial charge on any atom is 0.295 e. The number of halogens is 1. The second kappa shape index (κ2) is 12.3. The van der Waals surface area contributed by atoms with Crippen molar-refractivity contribution in [3.63, 3.8) is 0 Å². The second-order valence-corrected chi connectivity index (χ2v) is 10.2. The van der Waals surface area contributed by atoms with Gasteiger partial charge in [-0.3, -0.25) is 20.3 Å². The van der Waals surface area contributed by atoms with E-state index in [-0.39, 0.29) is 16.3 Å². The fraction of sp³-hybridized carbons (Fsp3) is 0.0741. The summed E-state index contributed by atoms with van der Waals surface area (Å²) in [6.07, 6.45) is 1.44. The molecule has 39 heavy (non-hydrogen) atoms. The van der Waals surface area contributed by atoms with Gasteiger partial charge in [0.25, 0.3) is 15.7 Å². The van der Waals surface area contributed by atoms with Crippen LogP contribution in [0.5, 0.6) is 11.5 Å². The van der Waals surface area contributed by atoms with Crippen molar-refractivity contribution in [3.05, 3.63) is 117 Å². The monoisotopic (exact) mass is 566 g/mol. The number of hydrazone groups is 1. The van der Waals surface area contributed by atoms with Gasteiger partial charge in [-0.05, 0) is 65.7 Å². The van der Waals surface area contributed by atoms with Gasteiger partial charge in [0, 0.05) is 16.8 Å². The number of nitrogens with zero attached hydrogens (tertiary/aromatic N) is 2. The number of ether oxygens (including phenoxy) is 2. The molecule has 0 saturated heterocycles. The van der Waals surface area contributed by atoms with Crippen LogP contribution in [0.2, 0.25) is 5.02 Å². The molecule has 0 atom stereocenters. The van der Waals surface area contributed by atoms with E-state index >= 15 is 0 Å². The Morgan fingerprint density at radius 3 is 2.41 bits per heavy atom. The summed E-state index contributed by atoms with van der Waals surface area (Å²) in [4.78, 5) is 10.7. The minimum atomic E-state index is -4.09. The lowest BCUT2D eigenvalue weighted by atomic mass is 10.2. The van der Waals surface area contributed by atoms with Gasteiger partial charge >= 0.3 is 0 Å². The van der Waals surface area contributed by atoms with Crippen molar-refractivity contribution in [2.24, 2.45) is 5.10 Å². The molecule has 4 rings (SSSR count). The van der Waals surface area contributed by atoms with Crippen LogP contribution in [0, 0.1) is 10.1 Å². The molecule has 0 aromatic heterocycles. The highest BCUT2D eigenvalue weighted by Crippen LogP contribution is 2.30. The van der Waals surface area contributed by atoms with Crippen LogP contribution >= 0.6 is 11.6 Å². The van der Waals surface area contributed by atoms with E-state index < -0.39 is 20.6 Å². The highest BCUT2D eigenvalue weighted by molar-refractivity contribution is 7.92. The zero-order chi connectivity index (χ0) is 27.8. The van der Waals surface area contributed by atoms with Crippen LogP contribution in [0.4, 0.5) is 17.1 Å². The van der Waals surface area contributed by atoms with Crippen molar-refractivity contribution in [1.29, 1.82) is 0 Å². The van der Waals surface area contributed by atoms with Crippen LogP contribution in [0.15, 0.2) is 101 Å². The predicted octanol–water partition coefficient (Wildman–Crippen LogP) is 6.08. The van der Waals surface area contributed by atoms with Gasteiger partial charge in [0.2, 0.25) is 0 Å². The molecule has 4 aromatic carbocycles. The number of rotatable bonds is 11. The molecular weight excluding hydrogens is 544 g/mol. The Labute approximate surface area is 230 Å². The fourth-order valence-electron chi connectivity index (χ4n) is 3.45. The molecule has 0 spiro atoms. The van der Waals surface area contributed by atoms with Crippen LogP contribution in [-0.2, 0) is 16.6 Å². The van der Waals surface area contributed by atoms with E-state index in [4.69, 9.17) is 21.1 Å². The summed E-state index contributed by atoms with van der Waals surface area (Å²) in [5.74, 6) is 1.04. The van der Waals surface area contributed by atoms with Gasteiger partial charge in [0.1, 0.15) is 12.3 Å². The molecule has 10 nitrogen and oxygen atoms in total. The average Bonchev–Trinajstić information content (AvgIpc) is 2.94. The maximum absolute atomic E-state index is 12.7. The van der Waals surface area contributed by atoms with Crippen LogP contribution in [0.3, 0.4) is 0 Å². The minimum Gasteiger partial charge on any atom is -0.493 e. The summed E-state index contributed by atoms with van der Waals surface area (Å²) >= 11 is 5.83. The lowest BCUT2D eigenvalue weighted by molar-refractivity contribution is -0.384. The number of nitrogens with one attached hydrogen (secondary N) is 2. The lowest BCUT2D eigenvalue weighted by Crippen LogP contribution is -2.13. The smallest absolute Gasteiger partial charge is 0.295 e. The largest absolute Gasteiger partial charge is 0.493 e. The van der Waals surface area contributed by atoms with E-state index in [0.717, 1.165) is 11.6 Å². The van der Waals surface area contributed by atoms with Crippen molar-refractivity contribution in [2.75, 3.05) is 17.3 Å². The molecular formula is C27H23ClN4O6S. The van der Waals surface area contributed by atoms with E-state index in [1.165, 1.54) is 49.7 Å². The number of benzene rings is 4. The van der Waals surface area contributed by atoms with Crippen molar-refractivity contribution in [2.45, 2.75) is 11.5 Å². The molecule has 0 aliphatic rings. The van der Waals surface area contributed by atoms with Crippen LogP contribution in [0.1, 0.15) is 11.1 Å². The molecule has 12 heteroatoms. The van der Waals surface area contributed by atoms with Crippen molar-refractivity contribution in [3.8, 4) is 11.5 Å². The maximum atomic E-state index is 12.7. The first-order valence-electron chi connectivity index (χ1n) is 11.5. The molecule has 0 aliphatic heterocycles. The first-order chi connectivity index (χ1) is 18.7. The SMILES string of the molecule is COc1cc(C=NNc2ccc(S(=O)(=O)Nc3ccc(Cl)cc3)cc2[N+](=O)[O-])ccc1OCc1ccccc1. The molecule has 0 fully saturated rings. The number of anilines is 2. The second-order valence-electron chi connectivity index (χ2n) is 8.10. The molecule has 0 radical (unpaired) electrons. The van der Waals surface area contributed by atoms with Crippen molar-refractivity contribution >= 4 is 44.9 Å². The van der Waals surface area contributed by atoms with Gasteiger partial charge in [-0.1, -0.05) is 41.9 Å². The fourth-order valence-corrected chi connectivity index (χ4v) is 4.66. The molecule has 0 saturated carbocycles. The number of nitro benzene ring substituents is 1. The number of nitro groups is 1. The summed E-state index contributed by atoms with van der Waals surface area (Å²) in [5, 5.41) is 16.2. The zero-order valence-electron chi connectivity index (χ0n) is 20.6. The quantitative estimate of drug-likeness (QED) is 0.128. The lowest BCUT2D eigenvalue weighted by Gasteiger charge is -2.11. The highest BCUT2D eigenvalue weighted by atomic mass is 35.5. The predicted molar refractivity (Wildman–Crippen MR) is 150 cm³/mol. The number of sulfonamides is 1. The third-order valence-electron chi connectivity index (χ3n) is 5.40. The molecule has 0 aliphatic carbocycles. The summed E-state index contributed by atoms with van der Waals surface area (Å²) in [7, 11) is -2.57. The average molecular weight is 567 g/mol. The molecule has 2 N–H and O–H groups in total. The Morgan fingerprint density at radius 1 is 0.974 bits per heavy atom. The Balaban J connectivity index is 1.47. The minimum absolute atomic E-state index is 0.0106. The van der Waals surface area contributed by atoms with Gasteiger partial charge in [-0.25, -0.2) is 8.42 Å². The van der Waals surface area contributed by atoms with E-state index in [0.29, 0.717) is 28.7 Å². The molecule has 0 heterocycles. The van der Waals surface area contributed by atoms with E-state index in [1.54, 1.807) is 18.2 Å². The first-order valence-corrected chi connectivity index (χ1v) is 13.3. The topological polar surface area (TPSA) is 132 Å². The van der Waals surface area contributed by atoms with Gasteiger partial charge in [0.05, 0.1) is 23.1 Å². The van der Waals surface area contributed by atoms with Crippen molar-refractivity contribution in [1.82, 2.24) is 0 Å². The van der Waals surface area contributed by atoms with Gasteiger partial charge in [0.15, 0.2) is 11.5 Å². The Morgan fingerprint density at radius 2 is 1.72 bits per heavy atom. The van der Waals surface area contributed by atoms with E-state index in [2.05, 4.69) is 15.2 Å². The number of hydrogen-bond acceptors (Lipinski definition) is 8. The molecule has 0 amide bonds. The van der Waals surface area contributed by atoms with Crippen LogP contribution in [0.25, 0.3) is 0 Å². The third kappa shape index (κ3) is 7.24. The molecule has 0 bridgehead atoms. The molecule has 4 aromatic rings. The van der Waals surface area contributed by atoms with E-state index in [9.17, 15) is 18.5 Å². The standard InChI is InChI=1S/C27H23ClN4O6S/c1-37-27-15-20(7-14-26(27)38-18-19-5-3-2-4-6-19)17-29-30-24-13-12-23(16-25(24)32(33)34)39(35,36)31-22-10-8-21(28)9-11-22/h2-17,30-31H,18H2,1H3. The summed E-state index contributed by atoms with van der Waals surface area (Å²) < 4.78 is 39.1. The molecule has 0 unspecified atom stereocenters. The van der Waals surface area contributed by atoms with Gasteiger partial charge < -0.3 is 9.47 Å². The first kappa shape index (κ1) is 27.4. The zero-order valence-corrected chi connectivity index (χ0v) is 22.1. The van der Waals surface area contributed by atoms with E-state index in [1.807, 2.05) is 30.3 Å². The van der Waals surface area contributed by atoms with Crippen LogP contribution in [-0.4, -0.2) is 26.7 Å². The Bertz CT molecular complexity index is 1600. The van der Waals surface area contributed by atoms with Gasteiger partial charge in [-0.2, -0.15) is 5.10 Å². The number of methoxy groups -OCH3 is 1. The summed E-state index contributed by atoms with van der Waals surface area (Å²) in [6, 6.07) is 24.4. The van der Waals surface area contributed by atoms with Crippen LogP contribution < -0.4 is 19.6 Å². The normalized spacial score (nSPS) is 11.2. The highest BCUT2D eigenvalue weighted by Gasteiger charge is 2.21. The Hall–Kier alpha value is -4.61. The summed E-state index contributed by atoms with van der Waals surface area (Å²) in [5.41, 5.74) is 4.06. The Kier molecular flexibility index (Phi) is 8.64. The third-order valence-corrected chi connectivity index (χ3v) is 7.03. The summed E-state index contributed by atoms with van der Waals surface area (Å²) in [6.45, 7) is 0.372. The number of hydrogen-bond donors (Lipinski definition) is 2.